The SMILES string of the molecule is COC(=O)c1cccc(-c2cc(C(F)(F)F)cc(C(F)(F)F)c2)c1. The maximum Gasteiger partial charge on any atom is 0.416 e. The smallest absolute Gasteiger partial charge is 0.416 e. The third kappa shape index (κ3) is 3.87. The number of benzene rings is 2. The van der Waals surface area contributed by atoms with Crippen molar-refractivity contribution in [3.8, 4) is 11.1 Å². The minimum atomic E-state index is -4.93. The van der Waals surface area contributed by atoms with Gasteiger partial charge in [-0.3, -0.25) is 0 Å². The van der Waals surface area contributed by atoms with Crippen molar-refractivity contribution in [1.29, 1.82) is 0 Å². The summed E-state index contributed by atoms with van der Waals surface area (Å²) in [6, 6.07) is 6.41. The number of halogens is 6. The molecule has 0 saturated carbocycles. The quantitative estimate of drug-likeness (QED) is 0.552. The molecule has 0 fully saturated rings. The molecule has 0 aromatic heterocycles. The number of methoxy groups -OCH3 is 1. The van der Waals surface area contributed by atoms with Gasteiger partial charge in [0.1, 0.15) is 0 Å². The van der Waals surface area contributed by atoms with E-state index < -0.39 is 29.4 Å². The lowest BCUT2D eigenvalue weighted by Gasteiger charge is -2.14. The van der Waals surface area contributed by atoms with E-state index in [1.54, 1.807) is 0 Å². The zero-order valence-corrected chi connectivity index (χ0v) is 12.1. The van der Waals surface area contributed by atoms with Gasteiger partial charge < -0.3 is 4.74 Å². The summed E-state index contributed by atoms with van der Waals surface area (Å²) in [5, 5.41) is 0. The Morgan fingerprint density at radius 3 is 1.83 bits per heavy atom. The van der Waals surface area contributed by atoms with Crippen molar-refractivity contribution in [3.63, 3.8) is 0 Å². The Balaban J connectivity index is 2.64. The number of rotatable bonds is 2. The van der Waals surface area contributed by atoms with E-state index >= 15 is 0 Å². The van der Waals surface area contributed by atoms with Gasteiger partial charge >= 0.3 is 18.3 Å². The first-order valence-electron chi connectivity index (χ1n) is 6.50. The van der Waals surface area contributed by atoms with Crippen LogP contribution >= 0.6 is 0 Å². The second-order valence-electron chi connectivity index (χ2n) is 4.87. The summed E-state index contributed by atoms with van der Waals surface area (Å²) in [6.07, 6.45) is -9.87. The molecule has 0 saturated heterocycles. The van der Waals surface area contributed by atoms with Gasteiger partial charge in [-0.25, -0.2) is 4.79 Å². The normalized spacial score (nSPS) is 12.1. The first-order valence-corrected chi connectivity index (χ1v) is 6.50. The molecule has 0 heterocycles. The second kappa shape index (κ2) is 6.18. The average Bonchev–Trinajstić information content (AvgIpc) is 2.52. The highest BCUT2D eigenvalue weighted by Gasteiger charge is 2.37. The average molecular weight is 348 g/mol. The first-order chi connectivity index (χ1) is 11.0. The van der Waals surface area contributed by atoms with Crippen molar-refractivity contribution in [2.75, 3.05) is 7.11 Å². The molecule has 2 aromatic rings. The number of carbonyl (C=O) groups is 1. The lowest BCUT2D eigenvalue weighted by molar-refractivity contribution is -0.143. The van der Waals surface area contributed by atoms with Gasteiger partial charge in [0.05, 0.1) is 23.8 Å². The van der Waals surface area contributed by atoms with E-state index in [-0.39, 0.29) is 22.8 Å². The molecule has 24 heavy (non-hydrogen) atoms. The van der Waals surface area contributed by atoms with Gasteiger partial charge in [-0.05, 0) is 41.5 Å². The molecular formula is C16H10F6O2. The number of ether oxygens (including phenoxy) is 1. The van der Waals surface area contributed by atoms with Crippen LogP contribution in [0.3, 0.4) is 0 Å². The van der Waals surface area contributed by atoms with Gasteiger partial charge in [0.15, 0.2) is 0 Å². The van der Waals surface area contributed by atoms with Crippen LogP contribution in [0.25, 0.3) is 11.1 Å². The zero-order valence-electron chi connectivity index (χ0n) is 12.1. The molecule has 2 aromatic carbocycles. The summed E-state index contributed by atoms with van der Waals surface area (Å²) in [6.45, 7) is 0. The number of esters is 1. The highest BCUT2D eigenvalue weighted by molar-refractivity contribution is 5.91. The molecule has 2 nitrogen and oxygen atoms in total. The van der Waals surface area contributed by atoms with Crippen molar-refractivity contribution in [3.05, 3.63) is 59.2 Å². The van der Waals surface area contributed by atoms with Crippen LogP contribution in [0.2, 0.25) is 0 Å². The minimum absolute atomic E-state index is 0.0148. The highest BCUT2D eigenvalue weighted by atomic mass is 19.4. The molecular weight excluding hydrogens is 338 g/mol. The molecule has 0 bridgehead atoms. The Bertz CT molecular complexity index is 730. The van der Waals surface area contributed by atoms with Crippen LogP contribution in [0.1, 0.15) is 21.5 Å². The van der Waals surface area contributed by atoms with Crippen molar-refractivity contribution in [2.45, 2.75) is 12.4 Å². The predicted molar refractivity (Wildman–Crippen MR) is 73.2 cm³/mol. The lowest BCUT2D eigenvalue weighted by atomic mass is 9.98. The largest absolute Gasteiger partial charge is 0.465 e. The molecule has 8 heteroatoms. The van der Waals surface area contributed by atoms with Gasteiger partial charge in [-0.15, -0.1) is 0 Å². The van der Waals surface area contributed by atoms with E-state index in [0.717, 1.165) is 7.11 Å². The van der Waals surface area contributed by atoms with Crippen LogP contribution in [0.5, 0.6) is 0 Å². The topological polar surface area (TPSA) is 26.3 Å². The van der Waals surface area contributed by atoms with E-state index in [0.29, 0.717) is 12.1 Å². The molecule has 0 unspecified atom stereocenters. The minimum Gasteiger partial charge on any atom is -0.465 e. The number of alkyl halides is 6. The van der Waals surface area contributed by atoms with Crippen molar-refractivity contribution in [1.82, 2.24) is 0 Å². The maximum absolute atomic E-state index is 12.9. The molecule has 0 aliphatic carbocycles. The molecule has 0 N–H and O–H groups in total. The van der Waals surface area contributed by atoms with Crippen LogP contribution in [0.4, 0.5) is 26.3 Å². The molecule has 0 aliphatic heterocycles. The van der Waals surface area contributed by atoms with Gasteiger partial charge in [0.2, 0.25) is 0 Å². The number of carbonyl (C=O) groups excluding carboxylic acids is 1. The van der Waals surface area contributed by atoms with Gasteiger partial charge in [-0.2, -0.15) is 26.3 Å². The van der Waals surface area contributed by atoms with Crippen LogP contribution in [-0.2, 0) is 17.1 Å². The third-order valence-corrected chi connectivity index (χ3v) is 3.20. The molecule has 0 radical (unpaired) electrons. The fourth-order valence-corrected chi connectivity index (χ4v) is 2.07. The first kappa shape index (κ1) is 17.8. The highest BCUT2D eigenvalue weighted by Crippen LogP contribution is 2.38. The van der Waals surface area contributed by atoms with E-state index in [1.165, 1.54) is 24.3 Å². The van der Waals surface area contributed by atoms with Gasteiger partial charge in [-0.1, -0.05) is 12.1 Å². The Morgan fingerprint density at radius 2 is 1.38 bits per heavy atom. The molecule has 2 rings (SSSR count). The van der Waals surface area contributed by atoms with Crippen LogP contribution < -0.4 is 0 Å². The van der Waals surface area contributed by atoms with Crippen molar-refractivity contribution >= 4 is 5.97 Å². The Kier molecular flexibility index (Phi) is 4.59. The molecule has 0 aliphatic rings. The van der Waals surface area contributed by atoms with Crippen LogP contribution in [0, 0.1) is 0 Å². The maximum atomic E-state index is 12.9. The number of hydrogen-bond donors (Lipinski definition) is 0. The summed E-state index contributed by atoms with van der Waals surface area (Å²) in [4.78, 5) is 11.5. The Labute approximate surface area is 132 Å². The Hall–Kier alpha value is -2.51. The predicted octanol–water partition coefficient (Wildman–Crippen LogP) is 5.18. The van der Waals surface area contributed by atoms with Gasteiger partial charge in [0.25, 0.3) is 0 Å². The third-order valence-electron chi connectivity index (χ3n) is 3.20. The molecule has 0 atom stereocenters. The van der Waals surface area contributed by atoms with Crippen LogP contribution in [-0.4, -0.2) is 13.1 Å². The zero-order chi connectivity index (χ0) is 18.1. The lowest BCUT2D eigenvalue weighted by Crippen LogP contribution is -2.11. The fraction of sp³-hybridized carbons (Fsp3) is 0.188. The summed E-state index contributed by atoms with van der Waals surface area (Å²) >= 11 is 0. The van der Waals surface area contributed by atoms with E-state index in [2.05, 4.69) is 4.74 Å². The summed E-state index contributed by atoms with van der Waals surface area (Å²) in [5.74, 6) is -0.750. The summed E-state index contributed by atoms with van der Waals surface area (Å²) < 4.78 is 81.7. The van der Waals surface area contributed by atoms with Crippen LogP contribution in [0.15, 0.2) is 42.5 Å². The standard InChI is InChI=1S/C16H10F6O2/c1-24-14(23)10-4-2-3-9(5-10)11-6-12(15(17,18)19)8-13(7-11)16(20,21)22/h2-8H,1H3. The van der Waals surface area contributed by atoms with E-state index in [1.807, 2.05) is 0 Å². The monoisotopic (exact) mass is 348 g/mol. The second-order valence-corrected chi connectivity index (χ2v) is 4.87. The summed E-state index contributed by atoms with van der Waals surface area (Å²) in [7, 11) is 1.11. The number of hydrogen-bond acceptors (Lipinski definition) is 2. The fourth-order valence-electron chi connectivity index (χ4n) is 2.07. The molecule has 128 valence electrons. The summed E-state index contributed by atoms with van der Waals surface area (Å²) in [5.41, 5.74) is -3.09. The van der Waals surface area contributed by atoms with E-state index in [4.69, 9.17) is 0 Å². The molecule has 0 amide bonds. The van der Waals surface area contributed by atoms with Gasteiger partial charge in [0, 0.05) is 0 Å². The molecule has 0 spiro atoms. The van der Waals surface area contributed by atoms with Crippen molar-refractivity contribution in [2.24, 2.45) is 0 Å². The Morgan fingerprint density at radius 1 is 0.833 bits per heavy atom. The van der Waals surface area contributed by atoms with E-state index in [9.17, 15) is 31.1 Å². The van der Waals surface area contributed by atoms with Crippen molar-refractivity contribution < 1.29 is 35.9 Å².